The molecule has 0 spiro atoms. The van der Waals surface area contributed by atoms with Gasteiger partial charge in [0.25, 0.3) is 0 Å². The summed E-state index contributed by atoms with van der Waals surface area (Å²) in [6.07, 6.45) is 0. The maximum Gasteiger partial charge on any atom is 0.231 e. The second kappa shape index (κ2) is 4.27. The Morgan fingerprint density at radius 2 is 2.00 bits per heavy atom. The highest BCUT2D eigenvalue weighted by Gasteiger charge is 2.14. The van der Waals surface area contributed by atoms with Gasteiger partial charge in [-0.1, -0.05) is 0 Å². The van der Waals surface area contributed by atoms with Crippen LogP contribution in [0.1, 0.15) is 11.5 Å². The third-order valence-electron chi connectivity index (χ3n) is 2.75. The zero-order chi connectivity index (χ0) is 12.5. The number of nitrogens with zero attached hydrogens (tertiary/aromatic N) is 2. The largest absolute Gasteiger partial charge is 0.454 e. The summed E-state index contributed by atoms with van der Waals surface area (Å²) in [6, 6.07) is 7.69. The van der Waals surface area contributed by atoms with E-state index in [1.807, 2.05) is 31.2 Å². The Labute approximate surface area is 105 Å². The molecule has 0 amide bonds. The Hall–Kier alpha value is -2.14. The third kappa shape index (κ3) is 1.89. The Kier molecular flexibility index (Phi) is 2.60. The summed E-state index contributed by atoms with van der Waals surface area (Å²) < 4.78 is 10.6. The first kappa shape index (κ1) is 11.0. The first-order valence-electron chi connectivity index (χ1n) is 5.71. The van der Waals surface area contributed by atoms with E-state index in [0.29, 0.717) is 12.4 Å². The van der Waals surface area contributed by atoms with Gasteiger partial charge in [0, 0.05) is 11.3 Å². The van der Waals surface area contributed by atoms with Gasteiger partial charge in [0.1, 0.15) is 5.82 Å². The molecule has 1 aromatic heterocycles. The highest BCUT2D eigenvalue weighted by Crippen LogP contribution is 2.35. The van der Waals surface area contributed by atoms with E-state index in [9.17, 15) is 0 Å². The summed E-state index contributed by atoms with van der Waals surface area (Å²) in [6.45, 7) is 2.53. The van der Waals surface area contributed by atoms with E-state index in [-0.39, 0.29) is 6.79 Å². The summed E-state index contributed by atoms with van der Waals surface area (Å²) in [5, 5.41) is 0. The monoisotopic (exact) mass is 243 g/mol. The van der Waals surface area contributed by atoms with Crippen LogP contribution in [-0.2, 0) is 6.54 Å². The van der Waals surface area contributed by atoms with Crippen molar-refractivity contribution >= 4 is 0 Å². The molecule has 2 N–H and O–H groups in total. The van der Waals surface area contributed by atoms with Crippen LogP contribution in [0, 0.1) is 6.92 Å². The molecule has 0 radical (unpaired) electrons. The topological polar surface area (TPSA) is 70.3 Å². The smallest absolute Gasteiger partial charge is 0.231 e. The van der Waals surface area contributed by atoms with Gasteiger partial charge in [0.15, 0.2) is 11.5 Å². The molecule has 0 saturated carbocycles. The second-order valence-corrected chi connectivity index (χ2v) is 4.08. The average Bonchev–Trinajstić information content (AvgIpc) is 2.85. The molecule has 0 unspecified atom stereocenters. The van der Waals surface area contributed by atoms with Gasteiger partial charge in [-0.2, -0.15) is 0 Å². The molecule has 0 saturated heterocycles. The second-order valence-electron chi connectivity index (χ2n) is 4.08. The predicted octanol–water partition coefficient (Wildman–Crippen LogP) is 1.64. The minimum Gasteiger partial charge on any atom is -0.454 e. The van der Waals surface area contributed by atoms with Crippen molar-refractivity contribution in [1.82, 2.24) is 9.97 Å². The van der Waals surface area contributed by atoms with Crippen LogP contribution < -0.4 is 15.2 Å². The Morgan fingerprint density at radius 1 is 1.17 bits per heavy atom. The number of nitrogens with two attached hydrogens (primary N) is 1. The van der Waals surface area contributed by atoms with Gasteiger partial charge in [0.2, 0.25) is 6.79 Å². The van der Waals surface area contributed by atoms with Crippen molar-refractivity contribution in [1.29, 1.82) is 0 Å². The molecule has 1 aliphatic heterocycles. The van der Waals surface area contributed by atoms with Crippen molar-refractivity contribution in [3.8, 4) is 22.8 Å². The van der Waals surface area contributed by atoms with E-state index in [1.165, 1.54) is 0 Å². The number of hydrogen-bond donors (Lipinski definition) is 1. The zero-order valence-corrected chi connectivity index (χ0v) is 10.0. The van der Waals surface area contributed by atoms with Gasteiger partial charge in [-0.15, -0.1) is 0 Å². The molecule has 2 aromatic rings. The highest BCUT2D eigenvalue weighted by molar-refractivity contribution is 5.64. The van der Waals surface area contributed by atoms with Gasteiger partial charge in [-0.25, -0.2) is 9.97 Å². The van der Waals surface area contributed by atoms with Crippen LogP contribution in [0.2, 0.25) is 0 Å². The van der Waals surface area contributed by atoms with Crippen molar-refractivity contribution in [2.24, 2.45) is 5.73 Å². The van der Waals surface area contributed by atoms with Crippen molar-refractivity contribution in [2.75, 3.05) is 6.79 Å². The Balaban J connectivity index is 2.06. The van der Waals surface area contributed by atoms with Crippen molar-refractivity contribution in [3.05, 3.63) is 35.8 Å². The Bertz CT molecular complexity index is 599. The predicted molar refractivity (Wildman–Crippen MR) is 66.2 cm³/mol. The number of rotatable bonds is 2. The van der Waals surface area contributed by atoms with Crippen LogP contribution in [0.4, 0.5) is 0 Å². The van der Waals surface area contributed by atoms with Crippen LogP contribution in [0.25, 0.3) is 11.3 Å². The number of benzene rings is 1. The lowest BCUT2D eigenvalue weighted by Crippen LogP contribution is -2.05. The number of ether oxygens (including phenoxy) is 2. The molecule has 5 heteroatoms. The standard InChI is InChI=1S/C13H13N3O2/c1-8-4-10(16-13(6-14)15-8)9-2-3-11-12(5-9)18-7-17-11/h2-5H,6-7,14H2,1H3. The molecule has 1 aromatic carbocycles. The number of hydrogen-bond acceptors (Lipinski definition) is 5. The lowest BCUT2D eigenvalue weighted by Gasteiger charge is -2.05. The molecule has 2 heterocycles. The van der Waals surface area contributed by atoms with Crippen LogP contribution in [0.15, 0.2) is 24.3 Å². The number of aryl methyl sites for hydroxylation is 1. The van der Waals surface area contributed by atoms with Crippen LogP contribution >= 0.6 is 0 Å². The zero-order valence-electron chi connectivity index (χ0n) is 10.0. The fourth-order valence-corrected chi connectivity index (χ4v) is 1.93. The lowest BCUT2D eigenvalue weighted by molar-refractivity contribution is 0.174. The first-order chi connectivity index (χ1) is 8.76. The van der Waals surface area contributed by atoms with E-state index >= 15 is 0 Å². The van der Waals surface area contributed by atoms with Crippen molar-refractivity contribution in [3.63, 3.8) is 0 Å². The molecular formula is C13H13N3O2. The lowest BCUT2D eigenvalue weighted by atomic mass is 10.1. The van der Waals surface area contributed by atoms with Gasteiger partial charge in [-0.3, -0.25) is 0 Å². The van der Waals surface area contributed by atoms with Crippen molar-refractivity contribution in [2.45, 2.75) is 13.5 Å². The van der Waals surface area contributed by atoms with E-state index < -0.39 is 0 Å². The van der Waals surface area contributed by atoms with Crippen LogP contribution in [-0.4, -0.2) is 16.8 Å². The average molecular weight is 243 g/mol. The molecule has 1 aliphatic rings. The number of fused-ring (bicyclic) bond motifs is 1. The van der Waals surface area contributed by atoms with Gasteiger partial charge in [0.05, 0.1) is 12.2 Å². The van der Waals surface area contributed by atoms with Gasteiger partial charge >= 0.3 is 0 Å². The molecular weight excluding hydrogens is 230 g/mol. The van der Waals surface area contributed by atoms with E-state index in [4.69, 9.17) is 15.2 Å². The molecule has 0 atom stereocenters. The first-order valence-corrected chi connectivity index (χ1v) is 5.71. The van der Waals surface area contributed by atoms with Crippen molar-refractivity contribution < 1.29 is 9.47 Å². The SMILES string of the molecule is Cc1cc(-c2ccc3c(c2)OCO3)nc(CN)n1. The van der Waals surface area contributed by atoms with E-state index in [2.05, 4.69) is 9.97 Å². The molecule has 0 fully saturated rings. The minimum atomic E-state index is 0.273. The quantitative estimate of drug-likeness (QED) is 0.868. The molecule has 0 bridgehead atoms. The fourth-order valence-electron chi connectivity index (χ4n) is 1.93. The van der Waals surface area contributed by atoms with Crippen LogP contribution in [0.3, 0.4) is 0 Å². The number of aromatic nitrogens is 2. The van der Waals surface area contributed by atoms with E-state index in [0.717, 1.165) is 28.5 Å². The molecule has 92 valence electrons. The Morgan fingerprint density at radius 3 is 2.83 bits per heavy atom. The summed E-state index contributed by atoms with van der Waals surface area (Å²) in [5.41, 5.74) is 8.31. The molecule has 3 rings (SSSR count). The minimum absolute atomic E-state index is 0.273. The van der Waals surface area contributed by atoms with Gasteiger partial charge in [-0.05, 0) is 31.2 Å². The summed E-state index contributed by atoms with van der Waals surface area (Å²) in [7, 11) is 0. The molecule has 5 nitrogen and oxygen atoms in total. The fraction of sp³-hybridized carbons (Fsp3) is 0.231. The maximum absolute atomic E-state index is 5.59. The van der Waals surface area contributed by atoms with Crippen LogP contribution in [0.5, 0.6) is 11.5 Å². The highest BCUT2D eigenvalue weighted by atomic mass is 16.7. The van der Waals surface area contributed by atoms with E-state index in [1.54, 1.807) is 0 Å². The van der Waals surface area contributed by atoms with Gasteiger partial charge < -0.3 is 15.2 Å². The summed E-state index contributed by atoms with van der Waals surface area (Å²) in [4.78, 5) is 8.67. The molecule has 0 aliphatic carbocycles. The summed E-state index contributed by atoms with van der Waals surface area (Å²) >= 11 is 0. The normalized spacial score (nSPS) is 12.8. The summed E-state index contributed by atoms with van der Waals surface area (Å²) in [5.74, 6) is 2.16. The maximum atomic E-state index is 5.59. The third-order valence-corrected chi connectivity index (χ3v) is 2.75. The molecule has 18 heavy (non-hydrogen) atoms.